The van der Waals surface area contributed by atoms with Gasteiger partial charge in [-0.05, 0) is 6.07 Å². The zero-order valence-electron chi connectivity index (χ0n) is 10.1. The molecule has 0 aliphatic heterocycles. The van der Waals surface area contributed by atoms with Crippen molar-refractivity contribution in [2.45, 2.75) is 5.88 Å². The number of benzene rings is 2. The summed E-state index contributed by atoms with van der Waals surface area (Å²) in [5.41, 5.74) is 0.555. The van der Waals surface area contributed by atoms with Crippen LogP contribution in [0.1, 0.15) is 5.56 Å². The number of aromatic hydroxyl groups is 1. The summed E-state index contributed by atoms with van der Waals surface area (Å²) in [7, 11) is 0. The largest absolute Gasteiger partial charge is 0.505 e. The van der Waals surface area contributed by atoms with Crippen LogP contribution >= 0.6 is 69.6 Å². The van der Waals surface area contributed by atoms with Gasteiger partial charge in [0.1, 0.15) is 15.9 Å². The van der Waals surface area contributed by atoms with Crippen molar-refractivity contribution in [1.82, 2.24) is 0 Å². The Balaban J connectivity index is 0.000000219. The topological polar surface area (TPSA) is 20.2 Å². The highest BCUT2D eigenvalue weighted by molar-refractivity contribution is 6.55. The molecule has 0 aliphatic carbocycles. The van der Waals surface area contributed by atoms with Crippen molar-refractivity contribution < 1.29 is 9.50 Å². The summed E-state index contributed by atoms with van der Waals surface area (Å²) in [5.74, 6) is -0.350. The van der Waals surface area contributed by atoms with E-state index in [1.807, 2.05) is 0 Å². The fourth-order valence-electron chi connectivity index (χ4n) is 1.20. The first-order chi connectivity index (χ1) is 9.81. The predicted octanol–water partition coefficient (Wildman–Crippen LogP) is 7.22. The minimum absolute atomic E-state index is 0.00904. The maximum atomic E-state index is 12.5. The predicted molar refractivity (Wildman–Crippen MR) is 89.1 cm³/mol. The summed E-state index contributed by atoms with van der Waals surface area (Å²) < 4.78 is 12.5. The van der Waals surface area contributed by atoms with Gasteiger partial charge in [-0.1, -0.05) is 76.2 Å². The van der Waals surface area contributed by atoms with E-state index in [0.717, 1.165) is 0 Å². The fraction of sp³-hybridized carbons (Fsp3) is 0.0769. The lowest BCUT2D eigenvalue weighted by atomic mass is 10.2. The zero-order chi connectivity index (χ0) is 16.2. The van der Waals surface area contributed by atoms with Crippen LogP contribution in [-0.2, 0) is 5.88 Å². The molecule has 0 saturated carbocycles. The average molecular weight is 411 g/mol. The first kappa shape index (κ1) is 19.0. The molecule has 21 heavy (non-hydrogen) atoms. The van der Waals surface area contributed by atoms with Gasteiger partial charge >= 0.3 is 0 Å². The molecule has 1 nitrogen and oxygen atoms in total. The van der Waals surface area contributed by atoms with Crippen molar-refractivity contribution in [1.29, 1.82) is 0 Å². The Hall–Kier alpha value is -0.0900. The first-order valence-electron chi connectivity index (χ1n) is 5.31. The molecular weight excluding hydrogens is 404 g/mol. The van der Waals surface area contributed by atoms with Gasteiger partial charge < -0.3 is 5.11 Å². The second kappa shape index (κ2) is 8.52. The normalized spacial score (nSPS) is 10.0. The van der Waals surface area contributed by atoms with Crippen LogP contribution in [0.2, 0.25) is 25.1 Å². The van der Waals surface area contributed by atoms with Gasteiger partial charge in [-0.3, -0.25) is 0 Å². The van der Waals surface area contributed by atoms with Gasteiger partial charge in [-0.15, -0.1) is 11.6 Å². The fourth-order valence-corrected chi connectivity index (χ4v) is 2.55. The smallest absolute Gasteiger partial charge is 0.155 e. The van der Waals surface area contributed by atoms with Gasteiger partial charge in [0.2, 0.25) is 0 Å². The maximum absolute atomic E-state index is 12.5. The molecular formula is C13H7Cl6FO. The number of rotatable bonds is 1. The van der Waals surface area contributed by atoms with E-state index in [9.17, 15) is 9.50 Å². The Morgan fingerprint density at radius 1 is 0.810 bits per heavy atom. The number of halogens is 7. The summed E-state index contributed by atoms with van der Waals surface area (Å²) in [6.45, 7) is 0. The van der Waals surface area contributed by atoms with Crippen LogP contribution in [-0.4, -0.2) is 5.11 Å². The molecule has 0 bridgehead atoms. The molecule has 0 aromatic heterocycles. The molecule has 2 rings (SSSR count). The molecule has 1 N–H and O–H groups in total. The molecule has 114 valence electrons. The lowest BCUT2D eigenvalue weighted by molar-refractivity contribution is 0.476. The van der Waals surface area contributed by atoms with Crippen molar-refractivity contribution in [2.75, 3.05) is 0 Å². The highest BCUT2D eigenvalue weighted by Crippen LogP contribution is 2.47. The molecule has 0 radical (unpaired) electrons. The lowest BCUT2D eigenvalue weighted by Crippen LogP contribution is -1.82. The summed E-state index contributed by atoms with van der Waals surface area (Å²) >= 11 is 33.3. The summed E-state index contributed by atoms with van der Waals surface area (Å²) in [4.78, 5) is 0. The van der Waals surface area contributed by atoms with Crippen LogP contribution in [0.3, 0.4) is 0 Å². The van der Waals surface area contributed by atoms with Crippen molar-refractivity contribution >= 4 is 69.6 Å². The standard InChI is InChI=1S/C7H6ClF.C6HCl5O/c8-5-6-3-1-2-4-7(6)9;7-1-2(8)4(10)6(12)5(11)3(1)9/h1-4H,5H2;12H. The van der Waals surface area contributed by atoms with Gasteiger partial charge in [0.05, 0.1) is 20.9 Å². The minimum Gasteiger partial charge on any atom is -0.505 e. The Morgan fingerprint density at radius 3 is 1.62 bits per heavy atom. The Bertz CT molecular complexity index is 542. The zero-order valence-corrected chi connectivity index (χ0v) is 14.6. The number of hydrogen-bond donors (Lipinski definition) is 1. The summed E-state index contributed by atoms with van der Waals surface area (Å²) in [6.07, 6.45) is 0. The monoisotopic (exact) mass is 408 g/mol. The van der Waals surface area contributed by atoms with Gasteiger partial charge in [0.25, 0.3) is 0 Å². The number of alkyl halides is 1. The van der Waals surface area contributed by atoms with Crippen LogP contribution in [0.5, 0.6) is 5.75 Å². The third-order valence-electron chi connectivity index (χ3n) is 2.29. The van der Waals surface area contributed by atoms with Crippen molar-refractivity contribution in [3.8, 4) is 5.75 Å². The molecule has 2 aromatic rings. The lowest BCUT2D eigenvalue weighted by Gasteiger charge is -2.06. The summed E-state index contributed by atoms with van der Waals surface area (Å²) in [5, 5.41) is 9.01. The van der Waals surface area contributed by atoms with E-state index in [-0.39, 0.29) is 42.6 Å². The molecule has 0 spiro atoms. The van der Waals surface area contributed by atoms with Crippen molar-refractivity contribution in [2.24, 2.45) is 0 Å². The first-order valence-corrected chi connectivity index (χ1v) is 7.73. The Labute approximate surface area is 151 Å². The molecule has 0 saturated heterocycles. The molecule has 0 amide bonds. The molecule has 0 aliphatic rings. The van der Waals surface area contributed by atoms with E-state index >= 15 is 0 Å². The molecule has 0 heterocycles. The van der Waals surface area contributed by atoms with E-state index in [1.54, 1.807) is 18.2 Å². The van der Waals surface area contributed by atoms with E-state index < -0.39 is 0 Å². The number of hydrogen-bond acceptors (Lipinski definition) is 1. The van der Waals surface area contributed by atoms with Gasteiger partial charge in [-0.25, -0.2) is 4.39 Å². The third-order valence-corrected chi connectivity index (χ3v) is 4.83. The minimum atomic E-state index is -0.363. The van der Waals surface area contributed by atoms with Gasteiger partial charge in [0, 0.05) is 5.56 Å². The second-order valence-corrected chi connectivity index (χ2v) is 5.80. The van der Waals surface area contributed by atoms with Crippen LogP contribution in [0.25, 0.3) is 0 Å². The van der Waals surface area contributed by atoms with E-state index in [4.69, 9.17) is 69.6 Å². The SMILES string of the molecule is Fc1ccccc1CCl.Oc1c(Cl)c(Cl)c(Cl)c(Cl)c1Cl. The van der Waals surface area contributed by atoms with Crippen molar-refractivity contribution in [3.63, 3.8) is 0 Å². The maximum Gasteiger partial charge on any atom is 0.155 e. The highest BCUT2D eigenvalue weighted by atomic mass is 35.5. The third kappa shape index (κ3) is 4.69. The second-order valence-electron chi connectivity index (χ2n) is 3.64. The average Bonchev–Trinajstić information content (AvgIpc) is 2.50. The molecule has 0 fully saturated rings. The number of phenolic OH excluding ortho intramolecular Hbond substituents is 1. The number of phenols is 1. The van der Waals surface area contributed by atoms with Crippen LogP contribution in [0.15, 0.2) is 24.3 Å². The van der Waals surface area contributed by atoms with Crippen molar-refractivity contribution in [3.05, 3.63) is 60.8 Å². The molecule has 0 unspecified atom stereocenters. The Kier molecular flexibility index (Phi) is 7.69. The van der Waals surface area contributed by atoms with E-state index in [1.165, 1.54) is 6.07 Å². The molecule has 8 heteroatoms. The van der Waals surface area contributed by atoms with Crippen LogP contribution in [0.4, 0.5) is 4.39 Å². The van der Waals surface area contributed by atoms with Crippen LogP contribution in [0, 0.1) is 5.82 Å². The quantitative estimate of drug-likeness (QED) is 0.299. The van der Waals surface area contributed by atoms with E-state index in [0.29, 0.717) is 5.56 Å². The van der Waals surface area contributed by atoms with Gasteiger partial charge in [-0.2, -0.15) is 0 Å². The molecule has 0 atom stereocenters. The summed E-state index contributed by atoms with van der Waals surface area (Å²) in [6, 6.07) is 6.48. The van der Waals surface area contributed by atoms with Gasteiger partial charge in [0.15, 0.2) is 5.75 Å². The Morgan fingerprint density at radius 2 is 1.24 bits per heavy atom. The van der Waals surface area contributed by atoms with E-state index in [2.05, 4.69) is 0 Å². The highest BCUT2D eigenvalue weighted by Gasteiger charge is 2.18. The van der Waals surface area contributed by atoms with Crippen LogP contribution < -0.4 is 0 Å². The molecule has 2 aromatic carbocycles.